The molecule has 0 heterocycles. The highest BCUT2D eigenvalue weighted by molar-refractivity contribution is 5.50. The van der Waals surface area contributed by atoms with Gasteiger partial charge in [0, 0.05) is 0 Å². The molecule has 2 aromatic rings. The van der Waals surface area contributed by atoms with E-state index >= 15 is 0 Å². The minimum Gasteiger partial charge on any atom is -0.457 e. The number of hydrogen-bond acceptors (Lipinski definition) is 2. The highest BCUT2D eigenvalue weighted by Gasteiger charge is 1.95. The van der Waals surface area contributed by atoms with Gasteiger partial charge in [0.25, 0.3) is 0 Å². The monoisotopic (exact) mass is 253 g/mol. The van der Waals surface area contributed by atoms with Crippen LogP contribution < -0.4 is 10.1 Å². The van der Waals surface area contributed by atoms with Crippen molar-refractivity contribution in [2.24, 2.45) is 0 Å². The zero-order chi connectivity index (χ0) is 13.3. The molecule has 2 nitrogen and oxygen atoms in total. The van der Waals surface area contributed by atoms with E-state index in [0.717, 1.165) is 24.5 Å². The van der Waals surface area contributed by atoms with Crippen LogP contribution in [0.5, 0.6) is 11.5 Å². The first kappa shape index (κ1) is 13.4. The van der Waals surface area contributed by atoms with Crippen LogP contribution in [-0.4, -0.2) is 13.6 Å². The number of hydrogen-bond donors (Lipinski definition) is 1. The SMILES string of the molecule is CNCCC=Cc1ccc(Oc2ccccc2)cc1. The van der Waals surface area contributed by atoms with Crippen molar-refractivity contribution in [3.05, 3.63) is 66.2 Å². The third-order valence-corrected chi connectivity index (χ3v) is 2.73. The Balaban J connectivity index is 1.93. The maximum absolute atomic E-state index is 5.74. The number of para-hydroxylation sites is 1. The van der Waals surface area contributed by atoms with E-state index < -0.39 is 0 Å². The smallest absolute Gasteiger partial charge is 0.127 e. The van der Waals surface area contributed by atoms with Gasteiger partial charge in [-0.05, 0) is 49.8 Å². The fourth-order valence-electron chi connectivity index (χ4n) is 1.72. The molecular formula is C17H19NO. The topological polar surface area (TPSA) is 21.3 Å². The normalized spacial score (nSPS) is 10.8. The molecule has 0 unspecified atom stereocenters. The maximum atomic E-state index is 5.74. The molecule has 0 saturated carbocycles. The predicted octanol–water partition coefficient (Wildman–Crippen LogP) is 4.10. The minimum absolute atomic E-state index is 0.860. The Kier molecular flexibility index (Phi) is 5.20. The van der Waals surface area contributed by atoms with Gasteiger partial charge in [0.2, 0.25) is 0 Å². The average Bonchev–Trinajstić information content (AvgIpc) is 2.46. The Morgan fingerprint density at radius 1 is 0.947 bits per heavy atom. The highest BCUT2D eigenvalue weighted by Crippen LogP contribution is 2.21. The van der Waals surface area contributed by atoms with Gasteiger partial charge < -0.3 is 10.1 Å². The minimum atomic E-state index is 0.860. The van der Waals surface area contributed by atoms with E-state index in [2.05, 4.69) is 29.6 Å². The lowest BCUT2D eigenvalue weighted by atomic mass is 10.2. The van der Waals surface area contributed by atoms with Crippen LogP contribution in [0.1, 0.15) is 12.0 Å². The van der Waals surface area contributed by atoms with E-state index in [0.29, 0.717) is 0 Å². The molecule has 0 spiro atoms. The first-order chi connectivity index (χ1) is 9.38. The number of benzene rings is 2. The molecule has 0 aliphatic carbocycles. The van der Waals surface area contributed by atoms with Gasteiger partial charge in [-0.3, -0.25) is 0 Å². The van der Waals surface area contributed by atoms with E-state index in [1.807, 2.05) is 49.5 Å². The standard InChI is InChI=1S/C17H19NO/c1-18-14-6-5-7-15-10-12-17(13-11-15)19-16-8-3-2-4-9-16/h2-5,7-13,18H,6,14H2,1H3. The van der Waals surface area contributed by atoms with Crippen molar-refractivity contribution in [1.29, 1.82) is 0 Å². The Hall–Kier alpha value is -2.06. The molecule has 2 heteroatoms. The van der Waals surface area contributed by atoms with Crippen LogP contribution in [0.2, 0.25) is 0 Å². The first-order valence-electron chi connectivity index (χ1n) is 6.52. The third kappa shape index (κ3) is 4.60. The van der Waals surface area contributed by atoms with Crippen LogP contribution in [0.25, 0.3) is 6.08 Å². The molecule has 0 saturated heterocycles. The van der Waals surface area contributed by atoms with E-state index in [9.17, 15) is 0 Å². The molecule has 0 aliphatic heterocycles. The summed E-state index contributed by atoms with van der Waals surface area (Å²) in [4.78, 5) is 0. The lowest BCUT2D eigenvalue weighted by Gasteiger charge is -2.05. The number of nitrogens with one attached hydrogen (secondary N) is 1. The van der Waals surface area contributed by atoms with Gasteiger partial charge in [-0.25, -0.2) is 0 Å². The van der Waals surface area contributed by atoms with Crippen LogP contribution in [-0.2, 0) is 0 Å². The van der Waals surface area contributed by atoms with E-state index in [-0.39, 0.29) is 0 Å². The first-order valence-corrected chi connectivity index (χ1v) is 6.52. The number of ether oxygens (including phenoxy) is 1. The molecule has 2 aromatic carbocycles. The van der Waals surface area contributed by atoms with Gasteiger partial charge in [-0.2, -0.15) is 0 Å². The van der Waals surface area contributed by atoms with Crippen LogP contribution in [0.4, 0.5) is 0 Å². The van der Waals surface area contributed by atoms with Gasteiger partial charge in [0.1, 0.15) is 11.5 Å². The highest BCUT2D eigenvalue weighted by atomic mass is 16.5. The van der Waals surface area contributed by atoms with Crippen molar-refractivity contribution in [3.8, 4) is 11.5 Å². The fourth-order valence-corrected chi connectivity index (χ4v) is 1.72. The largest absolute Gasteiger partial charge is 0.457 e. The van der Waals surface area contributed by atoms with Gasteiger partial charge in [0.15, 0.2) is 0 Å². The molecule has 0 fully saturated rings. The second-order valence-electron chi connectivity index (χ2n) is 4.28. The second-order valence-corrected chi connectivity index (χ2v) is 4.28. The number of rotatable bonds is 6. The second kappa shape index (κ2) is 7.39. The quantitative estimate of drug-likeness (QED) is 0.782. The summed E-state index contributed by atoms with van der Waals surface area (Å²) in [5.74, 6) is 1.72. The predicted molar refractivity (Wildman–Crippen MR) is 80.5 cm³/mol. The molecule has 0 radical (unpaired) electrons. The van der Waals surface area contributed by atoms with E-state index in [1.54, 1.807) is 0 Å². The molecule has 0 amide bonds. The summed E-state index contributed by atoms with van der Waals surface area (Å²) in [6, 6.07) is 17.9. The molecule has 1 N–H and O–H groups in total. The zero-order valence-corrected chi connectivity index (χ0v) is 11.2. The van der Waals surface area contributed by atoms with Crippen molar-refractivity contribution in [3.63, 3.8) is 0 Å². The molecular weight excluding hydrogens is 234 g/mol. The summed E-state index contributed by atoms with van der Waals surface area (Å²) in [5.41, 5.74) is 1.19. The Morgan fingerprint density at radius 3 is 2.32 bits per heavy atom. The van der Waals surface area contributed by atoms with E-state index in [4.69, 9.17) is 4.74 Å². The summed E-state index contributed by atoms with van der Waals surface area (Å²) in [6.45, 7) is 1.01. The third-order valence-electron chi connectivity index (χ3n) is 2.73. The molecule has 0 aromatic heterocycles. The molecule has 0 bridgehead atoms. The van der Waals surface area contributed by atoms with Crippen LogP contribution in [0.15, 0.2) is 60.7 Å². The molecule has 19 heavy (non-hydrogen) atoms. The summed E-state index contributed by atoms with van der Waals surface area (Å²) in [5, 5.41) is 3.12. The van der Waals surface area contributed by atoms with Crippen molar-refractivity contribution >= 4 is 6.08 Å². The summed E-state index contributed by atoms with van der Waals surface area (Å²) >= 11 is 0. The maximum Gasteiger partial charge on any atom is 0.127 e. The Bertz CT molecular complexity index is 503. The van der Waals surface area contributed by atoms with Crippen LogP contribution in [0, 0.1) is 0 Å². The lowest BCUT2D eigenvalue weighted by molar-refractivity contribution is 0.482. The van der Waals surface area contributed by atoms with E-state index in [1.165, 1.54) is 5.56 Å². The molecule has 0 atom stereocenters. The van der Waals surface area contributed by atoms with Gasteiger partial charge in [-0.1, -0.05) is 42.5 Å². The Morgan fingerprint density at radius 2 is 1.63 bits per heavy atom. The van der Waals surface area contributed by atoms with Gasteiger partial charge in [0.05, 0.1) is 0 Å². The summed E-state index contributed by atoms with van der Waals surface area (Å²) < 4.78 is 5.74. The van der Waals surface area contributed by atoms with Crippen molar-refractivity contribution in [2.75, 3.05) is 13.6 Å². The zero-order valence-electron chi connectivity index (χ0n) is 11.2. The Labute approximate surface area is 114 Å². The fraction of sp³-hybridized carbons (Fsp3) is 0.176. The molecule has 98 valence electrons. The summed E-state index contributed by atoms with van der Waals surface area (Å²) in [7, 11) is 1.96. The molecule has 0 aliphatic rings. The molecule has 2 rings (SSSR count). The van der Waals surface area contributed by atoms with Gasteiger partial charge in [-0.15, -0.1) is 0 Å². The van der Waals surface area contributed by atoms with Gasteiger partial charge >= 0.3 is 0 Å². The van der Waals surface area contributed by atoms with Crippen LogP contribution in [0.3, 0.4) is 0 Å². The van der Waals surface area contributed by atoms with Crippen molar-refractivity contribution in [1.82, 2.24) is 5.32 Å². The van der Waals surface area contributed by atoms with Crippen LogP contribution >= 0.6 is 0 Å². The summed E-state index contributed by atoms with van der Waals surface area (Å²) in [6.07, 6.45) is 5.34. The van der Waals surface area contributed by atoms with Crippen molar-refractivity contribution in [2.45, 2.75) is 6.42 Å². The lowest BCUT2D eigenvalue weighted by Crippen LogP contribution is -2.05. The van der Waals surface area contributed by atoms with Crippen molar-refractivity contribution < 1.29 is 4.74 Å². The average molecular weight is 253 g/mol.